The number of nitrogens with zero attached hydrogens (tertiary/aromatic N) is 2. The maximum atomic E-state index is 12.8. The highest BCUT2D eigenvalue weighted by Gasteiger charge is 2.44. The summed E-state index contributed by atoms with van der Waals surface area (Å²) >= 11 is 0. The second-order valence-corrected chi connectivity index (χ2v) is 12.1. The molecule has 4 rings (SSSR count). The van der Waals surface area contributed by atoms with Crippen molar-refractivity contribution in [3.63, 3.8) is 0 Å². The Balaban J connectivity index is 0.000000454. The molecule has 3 atom stereocenters. The molecule has 0 bridgehead atoms. The van der Waals surface area contributed by atoms with Gasteiger partial charge in [-0.3, -0.25) is 4.90 Å². The number of sulfonamides is 1. The number of hydrogen-bond acceptors (Lipinski definition) is 6. The number of alkyl halides is 3. The third kappa shape index (κ3) is 7.88. The smallest absolute Gasteiger partial charge is 0.475 e. The third-order valence-corrected chi connectivity index (χ3v) is 9.21. The van der Waals surface area contributed by atoms with Gasteiger partial charge in [-0.1, -0.05) is 37.3 Å². The predicted molar refractivity (Wildman–Crippen MR) is 127 cm³/mol. The molecule has 3 fully saturated rings. The molecule has 3 aliphatic rings. The fourth-order valence-corrected chi connectivity index (χ4v) is 6.58. The van der Waals surface area contributed by atoms with Gasteiger partial charge in [0.25, 0.3) is 0 Å². The van der Waals surface area contributed by atoms with Crippen molar-refractivity contribution in [2.24, 2.45) is 11.3 Å². The van der Waals surface area contributed by atoms with E-state index in [0.29, 0.717) is 19.0 Å². The van der Waals surface area contributed by atoms with Gasteiger partial charge in [0.05, 0.1) is 24.6 Å². The Bertz CT molecular complexity index is 968. The molecule has 0 aromatic heterocycles. The normalized spacial score (nSPS) is 27.4. The van der Waals surface area contributed by atoms with Crippen LogP contribution in [0.4, 0.5) is 13.2 Å². The lowest BCUT2D eigenvalue weighted by atomic mass is 9.77. The number of likely N-dealkylation sites (tertiary alicyclic amines) is 1. The van der Waals surface area contributed by atoms with Crippen molar-refractivity contribution < 1.29 is 41.3 Å². The summed E-state index contributed by atoms with van der Waals surface area (Å²) in [5.41, 5.74) is 0.959. The van der Waals surface area contributed by atoms with Gasteiger partial charge >= 0.3 is 12.1 Å². The van der Waals surface area contributed by atoms with Gasteiger partial charge in [0.15, 0.2) is 0 Å². The minimum Gasteiger partial charge on any atom is -0.475 e. The molecule has 0 aliphatic carbocycles. The van der Waals surface area contributed by atoms with Gasteiger partial charge in [0.1, 0.15) is 0 Å². The first-order valence-corrected chi connectivity index (χ1v) is 13.7. The lowest BCUT2D eigenvalue weighted by Crippen LogP contribution is -2.46. The van der Waals surface area contributed by atoms with E-state index in [-0.39, 0.29) is 23.4 Å². The van der Waals surface area contributed by atoms with Crippen molar-refractivity contribution in [1.29, 1.82) is 0 Å². The van der Waals surface area contributed by atoms with Crippen LogP contribution in [0.15, 0.2) is 30.3 Å². The van der Waals surface area contributed by atoms with Gasteiger partial charge in [0.2, 0.25) is 10.0 Å². The van der Waals surface area contributed by atoms with Crippen molar-refractivity contribution in [1.82, 2.24) is 9.21 Å². The zero-order valence-corrected chi connectivity index (χ0v) is 21.2. The SMILES string of the molecule is C[C@@H]1CCN(CC2CC3(CCN(S(=O)(=O)Cc4ccccc4)CC3)CO2)C[C@H]1O.O=C(O)C(F)(F)F. The Hall–Kier alpha value is -1.73. The summed E-state index contributed by atoms with van der Waals surface area (Å²) in [7, 11) is -3.27. The molecule has 204 valence electrons. The number of carbonyl (C=O) groups is 1. The number of halogens is 3. The molecule has 0 radical (unpaired) electrons. The van der Waals surface area contributed by atoms with Gasteiger partial charge in [-0.05, 0) is 49.1 Å². The molecule has 3 aliphatic heterocycles. The topological polar surface area (TPSA) is 107 Å². The fraction of sp³-hybridized carbons (Fsp3) is 0.708. The van der Waals surface area contributed by atoms with Crippen LogP contribution in [-0.4, -0.2) is 91.5 Å². The first-order valence-electron chi connectivity index (χ1n) is 12.1. The molecule has 12 heteroatoms. The standard InChI is InChI=1S/C22H34N2O4S.C2HF3O2/c1-18-7-10-23(15-21(18)25)14-20-13-22(17-28-20)8-11-24(12-9-22)29(26,27)16-19-5-3-2-4-6-19;3-2(4,5)1(6)7/h2-6,18,20-21,25H,7-17H2,1H3;(H,6,7)/t18-,20?,21-;/m1./s1. The zero-order chi connectivity index (χ0) is 26.6. The van der Waals surface area contributed by atoms with Crippen molar-refractivity contribution >= 4 is 16.0 Å². The highest BCUT2D eigenvalue weighted by atomic mass is 32.2. The number of hydrogen-bond donors (Lipinski definition) is 2. The molecule has 8 nitrogen and oxygen atoms in total. The summed E-state index contributed by atoms with van der Waals surface area (Å²) in [6, 6.07) is 9.41. The van der Waals surface area contributed by atoms with Crippen LogP contribution in [0, 0.1) is 11.3 Å². The number of aliphatic hydroxyl groups is 1. The van der Waals surface area contributed by atoms with E-state index in [4.69, 9.17) is 14.6 Å². The summed E-state index contributed by atoms with van der Waals surface area (Å²) in [5.74, 6) is -2.30. The minimum absolute atomic E-state index is 0.0790. The summed E-state index contributed by atoms with van der Waals surface area (Å²) < 4.78 is 65.2. The second-order valence-electron chi connectivity index (χ2n) is 10.2. The highest BCUT2D eigenvalue weighted by Crippen LogP contribution is 2.43. The fourth-order valence-electron chi connectivity index (χ4n) is 5.04. The number of aliphatic hydroxyl groups excluding tert-OH is 1. The molecule has 1 aromatic rings. The molecule has 0 amide bonds. The summed E-state index contributed by atoms with van der Waals surface area (Å²) in [4.78, 5) is 11.2. The molecule has 3 saturated heterocycles. The van der Waals surface area contributed by atoms with E-state index < -0.39 is 22.2 Å². The second kappa shape index (κ2) is 11.8. The van der Waals surface area contributed by atoms with Crippen molar-refractivity contribution in [2.45, 2.75) is 56.7 Å². The molecule has 1 aromatic carbocycles. The Kier molecular flexibility index (Phi) is 9.42. The monoisotopic (exact) mass is 536 g/mol. The molecular weight excluding hydrogens is 501 g/mol. The molecule has 0 saturated carbocycles. The first kappa shape index (κ1) is 28.8. The van der Waals surface area contributed by atoms with Crippen molar-refractivity contribution in [3.8, 4) is 0 Å². The molecule has 3 heterocycles. The molecular formula is C24H35F3N2O6S. The average Bonchev–Trinajstić information content (AvgIpc) is 3.18. The Morgan fingerprint density at radius 2 is 1.78 bits per heavy atom. The number of benzene rings is 1. The lowest BCUT2D eigenvalue weighted by molar-refractivity contribution is -0.192. The lowest BCUT2D eigenvalue weighted by Gasteiger charge is -2.38. The van der Waals surface area contributed by atoms with Crippen LogP contribution in [0.3, 0.4) is 0 Å². The van der Waals surface area contributed by atoms with Gasteiger partial charge in [0, 0.05) is 26.2 Å². The molecule has 2 N–H and O–H groups in total. The van der Waals surface area contributed by atoms with E-state index in [1.54, 1.807) is 4.31 Å². The third-order valence-electron chi connectivity index (χ3n) is 7.36. The number of carboxylic acids is 1. The van der Waals surface area contributed by atoms with E-state index in [0.717, 1.165) is 57.5 Å². The van der Waals surface area contributed by atoms with Gasteiger partial charge in [-0.25, -0.2) is 17.5 Å². The number of ether oxygens (including phenoxy) is 1. The molecule has 1 unspecified atom stereocenters. The molecule has 1 spiro atoms. The van der Waals surface area contributed by atoms with Crippen LogP contribution in [0.2, 0.25) is 0 Å². The number of carboxylic acid groups (broad SMARTS) is 1. The highest BCUT2D eigenvalue weighted by molar-refractivity contribution is 7.88. The summed E-state index contributed by atoms with van der Waals surface area (Å²) in [6.45, 7) is 6.66. The van der Waals surface area contributed by atoms with E-state index in [1.807, 2.05) is 30.3 Å². The Labute approximate surface area is 210 Å². The zero-order valence-electron chi connectivity index (χ0n) is 20.4. The van der Waals surface area contributed by atoms with Crippen LogP contribution in [0.1, 0.15) is 38.2 Å². The first-order chi connectivity index (χ1) is 16.8. The van der Waals surface area contributed by atoms with Crippen LogP contribution in [-0.2, 0) is 25.3 Å². The largest absolute Gasteiger partial charge is 0.490 e. The van der Waals surface area contributed by atoms with Crippen molar-refractivity contribution in [2.75, 3.05) is 39.3 Å². The quantitative estimate of drug-likeness (QED) is 0.596. The number of piperidine rings is 2. The van der Waals surface area contributed by atoms with Crippen LogP contribution in [0.5, 0.6) is 0 Å². The van der Waals surface area contributed by atoms with E-state index in [9.17, 15) is 26.7 Å². The van der Waals surface area contributed by atoms with Crippen LogP contribution in [0.25, 0.3) is 0 Å². The van der Waals surface area contributed by atoms with E-state index >= 15 is 0 Å². The van der Waals surface area contributed by atoms with E-state index in [2.05, 4.69) is 11.8 Å². The van der Waals surface area contributed by atoms with Gasteiger partial charge in [-0.15, -0.1) is 0 Å². The summed E-state index contributed by atoms with van der Waals surface area (Å²) in [6.07, 6.45) is -1.34. The predicted octanol–water partition coefficient (Wildman–Crippen LogP) is 2.72. The maximum absolute atomic E-state index is 12.8. The van der Waals surface area contributed by atoms with Gasteiger partial charge in [-0.2, -0.15) is 13.2 Å². The molecule has 36 heavy (non-hydrogen) atoms. The average molecular weight is 537 g/mol. The van der Waals surface area contributed by atoms with Crippen LogP contribution >= 0.6 is 0 Å². The number of β-amino-alcohol motifs (C(OH)–C–C–N with tert-alkyl or cyclic N) is 1. The Morgan fingerprint density at radius 3 is 2.33 bits per heavy atom. The number of aliphatic carboxylic acids is 1. The van der Waals surface area contributed by atoms with Gasteiger partial charge < -0.3 is 14.9 Å². The Morgan fingerprint density at radius 1 is 1.17 bits per heavy atom. The number of rotatable bonds is 5. The minimum atomic E-state index is -5.08. The summed E-state index contributed by atoms with van der Waals surface area (Å²) in [5, 5.41) is 17.3. The van der Waals surface area contributed by atoms with Crippen molar-refractivity contribution in [3.05, 3.63) is 35.9 Å². The van der Waals surface area contributed by atoms with Crippen LogP contribution < -0.4 is 0 Å². The van der Waals surface area contributed by atoms with E-state index in [1.165, 1.54) is 0 Å². The maximum Gasteiger partial charge on any atom is 0.490 e.